The van der Waals surface area contributed by atoms with Gasteiger partial charge >= 0.3 is 0 Å². The predicted molar refractivity (Wildman–Crippen MR) is 205 cm³/mol. The first kappa shape index (κ1) is 30.7. The van der Waals surface area contributed by atoms with Crippen LogP contribution in [0.5, 0.6) is 0 Å². The first-order valence-corrected chi connectivity index (χ1v) is 17.4. The van der Waals surface area contributed by atoms with E-state index in [1.54, 1.807) is 24.3 Å². The molecule has 0 aliphatic carbocycles. The van der Waals surface area contributed by atoms with Crippen LogP contribution >= 0.6 is 11.3 Å². The Morgan fingerprint density at radius 2 is 0.843 bits per heavy atom. The lowest BCUT2D eigenvalue weighted by atomic mass is 9.96. The van der Waals surface area contributed by atoms with Crippen LogP contribution < -0.4 is 0 Å². The zero-order valence-electron chi connectivity index (χ0n) is 27.1. The second-order valence-electron chi connectivity index (χ2n) is 12.3. The monoisotopic (exact) mass is 679 g/mol. The van der Waals surface area contributed by atoms with Crippen molar-refractivity contribution in [1.29, 1.82) is 0 Å². The molecule has 3 nitrogen and oxygen atoms in total. The van der Waals surface area contributed by atoms with Gasteiger partial charge in [-0.25, -0.2) is 23.7 Å². The van der Waals surface area contributed by atoms with Gasteiger partial charge in [0, 0.05) is 36.9 Å². The number of hydrogen-bond acceptors (Lipinski definition) is 4. The third-order valence-corrected chi connectivity index (χ3v) is 10.3. The van der Waals surface area contributed by atoms with Gasteiger partial charge in [0.15, 0.2) is 17.5 Å². The number of aromatic nitrogens is 3. The summed E-state index contributed by atoms with van der Waals surface area (Å²) in [5.74, 6) is 0.578. The quantitative estimate of drug-likeness (QED) is 0.176. The Bertz CT molecular complexity index is 2640. The Morgan fingerprint density at radius 1 is 0.353 bits per heavy atom. The van der Waals surface area contributed by atoms with Gasteiger partial charge < -0.3 is 0 Å². The number of benzene rings is 7. The number of hydrogen-bond donors (Lipinski definition) is 0. The van der Waals surface area contributed by atoms with Gasteiger partial charge in [0.1, 0.15) is 11.6 Å². The molecule has 0 saturated heterocycles. The molecule has 9 rings (SSSR count). The Balaban J connectivity index is 1.11. The number of fused-ring (bicyclic) bond motifs is 3. The maximum absolute atomic E-state index is 13.8. The molecule has 51 heavy (non-hydrogen) atoms. The topological polar surface area (TPSA) is 38.7 Å². The highest BCUT2D eigenvalue weighted by atomic mass is 32.1. The van der Waals surface area contributed by atoms with Crippen LogP contribution in [0.3, 0.4) is 0 Å². The van der Waals surface area contributed by atoms with E-state index in [0.717, 1.165) is 22.3 Å². The standard InChI is InChI=1S/C45H27F2N3S/c46-36-20-15-29(16-21-36)43-48-44(30-17-22-37(47)23-18-30)50-45(49-43)35-12-5-10-32(26-35)31-9-4-11-34(25-31)38-13-6-14-40-39-24-19-33(27-41(39)51-42(38)40)28-7-2-1-3-8-28/h1-27H. The zero-order valence-corrected chi connectivity index (χ0v) is 27.9. The van der Waals surface area contributed by atoms with Crippen molar-refractivity contribution in [1.82, 2.24) is 15.0 Å². The summed E-state index contributed by atoms with van der Waals surface area (Å²) in [4.78, 5) is 14.3. The second-order valence-corrected chi connectivity index (χ2v) is 13.4. The fourth-order valence-corrected chi connectivity index (χ4v) is 7.78. The molecule has 0 fully saturated rings. The SMILES string of the molecule is Fc1ccc(-c2nc(-c3ccc(F)cc3)nc(-c3cccc(-c4cccc(-c5cccc6c5sc5cc(-c7ccccc7)ccc56)c4)c3)n2)cc1. The summed E-state index contributed by atoms with van der Waals surface area (Å²) in [6, 6.07) is 52.6. The van der Waals surface area contributed by atoms with Gasteiger partial charge in [-0.1, -0.05) is 97.1 Å². The molecule has 0 amide bonds. The Hall–Kier alpha value is -6.37. The van der Waals surface area contributed by atoms with Crippen LogP contribution in [0, 0.1) is 11.6 Å². The molecule has 0 saturated carbocycles. The summed E-state index contributed by atoms with van der Waals surface area (Å²) in [5, 5.41) is 2.51. The molecular formula is C45H27F2N3S. The number of halogens is 2. The molecular weight excluding hydrogens is 653 g/mol. The van der Waals surface area contributed by atoms with Crippen LogP contribution in [0.15, 0.2) is 164 Å². The first-order chi connectivity index (χ1) is 25.1. The smallest absolute Gasteiger partial charge is 0.164 e. The van der Waals surface area contributed by atoms with Crippen molar-refractivity contribution < 1.29 is 8.78 Å². The summed E-state index contributed by atoms with van der Waals surface area (Å²) >= 11 is 1.83. The highest BCUT2D eigenvalue weighted by Crippen LogP contribution is 2.42. The van der Waals surface area contributed by atoms with E-state index in [2.05, 4.69) is 102 Å². The molecule has 0 N–H and O–H groups in total. The van der Waals surface area contributed by atoms with Crippen LogP contribution in [0.2, 0.25) is 0 Å². The first-order valence-electron chi connectivity index (χ1n) is 16.6. The molecule has 0 radical (unpaired) electrons. The molecule has 242 valence electrons. The zero-order chi connectivity index (χ0) is 34.3. The van der Waals surface area contributed by atoms with Crippen molar-refractivity contribution in [3.63, 3.8) is 0 Å². The van der Waals surface area contributed by atoms with E-state index in [9.17, 15) is 8.78 Å². The van der Waals surface area contributed by atoms with E-state index in [1.165, 1.54) is 61.1 Å². The van der Waals surface area contributed by atoms with Crippen molar-refractivity contribution >= 4 is 31.5 Å². The fraction of sp³-hybridized carbons (Fsp3) is 0. The van der Waals surface area contributed by atoms with Crippen molar-refractivity contribution in [3.05, 3.63) is 175 Å². The van der Waals surface area contributed by atoms with E-state index in [0.29, 0.717) is 28.6 Å². The molecule has 2 heterocycles. The summed E-state index contributed by atoms with van der Waals surface area (Å²) in [6.45, 7) is 0. The van der Waals surface area contributed by atoms with Gasteiger partial charge in [0.05, 0.1) is 0 Å². The number of rotatable bonds is 6. The van der Waals surface area contributed by atoms with Gasteiger partial charge in [-0.15, -0.1) is 11.3 Å². The summed E-state index contributed by atoms with van der Waals surface area (Å²) in [7, 11) is 0. The van der Waals surface area contributed by atoms with Crippen LogP contribution in [0.25, 0.3) is 87.7 Å². The molecule has 6 heteroatoms. The molecule has 2 aromatic heterocycles. The van der Waals surface area contributed by atoms with Crippen LogP contribution in [-0.2, 0) is 0 Å². The molecule has 0 bridgehead atoms. The normalized spacial score (nSPS) is 11.3. The summed E-state index contributed by atoms with van der Waals surface area (Å²) in [6.07, 6.45) is 0. The Kier molecular flexibility index (Phi) is 7.71. The number of nitrogens with zero attached hydrogens (tertiary/aromatic N) is 3. The van der Waals surface area contributed by atoms with Crippen LogP contribution in [-0.4, -0.2) is 15.0 Å². The van der Waals surface area contributed by atoms with Crippen LogP contribution in [0.1, 0.15) is 0 Å². The number of thiophene rings is 1. The Morgan fingerprint density at radius 3 is 1.49 bits per heavy atom. The molecule has 0 aliphatic rings. The van der Waals surface area contributed by atoms with E-state index in [-0.39, 0.29) is 11.6 Å². The van der Waals surface area contributed by atoms with Crippen molar-refractivity contribution in [3.8, 4) is 67.5 Å². The maximum Gasteiger partial charge on any atom is 0.164 e. The van der Waals surface area contributed by atoms with Gasteiger partial charge in [-0.2, -0.15) is 0 Å². The third kappa shape index (κ3) is 5.96. The lowest BCUT2D eigenvalue weighted by Crippen LogP contribution is -2.00. The Labute approximate surface area is 297 Å². The van der Waals surface area contributed by atoms with Crippen molar-refractivity contribution in [2.75, 3.05) is 0 Å². The minimum atomic E-state index is -0.345. The molecule has 7 aromatic carbocycles. The molecule has 9 aromatic rings. The van der Waals surface area contributed by atoms with E-state index >= 15 is 0 Å². The summed E-state index contributed by atoms with van der Waals surface area (Å²) < 4.78 is 30.1. The van der Waals surface area contributed by atoms with Crippen molar-refractivity contribution in [2.45, 2.75) is 0 Å². The van der Waals surface area contributed by atoms with Gasteiger partial charge in [0.25, 0.3) is 0 Å². The van der Waals surface area contributed by atoms with Gasteiger partial charge in [0.2, 0.25) is 0 Å². The average Bonchev–Trinajstić information content (AvgIpc) is 3.57. The van der Waals surface area contributed by atoms with Gasteiger partial charge in [-0.3, -0.25) is 0 Å². The minimum Gasteiger partial charge on any atom is -0.208 e. The summed E-state index contributed by atoms with van der Waals surface area (Å²) in [5.41, 5.74) is 8.93. The molecule has 0 aliphatic heterocycles. The van der Waals surface area contributed by atoms with E-state index in [4.69, 9.17) is 9.97 Å². The maximum atomic E-state index is 13.8. The van der Waals surface area contributed by atoms with E-state index < -0.39 is 0 Å². The molecule has 0 atom stereocenters. The average molecular weight is 680 g/mol. The van der Waals surface area contributed by atoms with Gasteiger partial charge in [-0.05, 0) is 100 Å². The molecule has 0 unspecified atom stereocenters. The largest absolute Gasteiger partial charge is 0.208 e. The van der Waals surface area contributed by atoms with Crippen LogP contribution in [0.4, 0.5) is 8.78 Å². The van der Waals surface area contributed by atoms with E-state index in [1.807, 2.05) is 29.5 Å². The minimum absolute atomic E-state index is 0.345. The lowest BCUT2D eigenvalue weighted by molar-refractivity contribution is 0.627. The predicted octanol–water partition coefficient (Wildman–Crippen LogP) is 12.5. The second kappa shape index (κ2) is 12.8. The fourth-order valence-electron chi connectivity index (χ4n) is 6.50. The third-order valence-electron chi connectivity index (χ3n) is 9.07. The van der Waals surface area contributed by atoms with Crippen molar-refractivity contribution in [2.24, 2.45) is 0 Å². The lowest BCUT2D eigenvalue weighted by Gasteiger charge is -2.11. The molecule has 0 spiro atoms. The highest BCUT2D eigenvalue weighted by Gasteiger charge is 2.15. The highest BCUT2D eigenvalue weighted by molar-refractivity contribution is 7.26.